The van der Waals surface area contributed by atoms with Crippen molar-refractivity contribution in [1.29, 1.82) is 0 Å². The zero-order chi connectivity index (χ0) is 22.6. The Balaban J connectivity index is 1.71. The first kappa shape index (κ1) is 24.5. The van der Waals surface area contributed by atoms with Crippen molar-refractivity contribution < 1.29 is 9.53 Å². The standard InChI is InChI=1S/C26H37N3O2/c1-6-17-28(4)18-9-7-8-10-19-31-24-14-12-23(13-15-24)29(5)26(30)27-25-16-11-21(2)20-22(25)3/h6,11-16,20H,1,7-10,17-19H2,2-5H3,(H,27,30). The fourth-order valence-electron chi connectivity index (χ4n) is 3.38. The van der Waals surface area contributed by atoms with Crippen molar-refractivity contribution in [2.75, 3.05) is 44.0 Å². The van der Waals surface area contributed by atoms with E-state index in [1.807, 2.05) is 56.3 Å². The SMILES string of the molecule is C=CCN(C)CCCCCCOc1ccc(N(C)C(=O)Nc2ccc(C)cc2C)cc1. The molecule has 2 amide bonds. The third-order valence-corrected chi connectivity index (χ3v) is 5.30. The number of nitrogens with one attached hydrogen (secondary N) is 1. The van der Waals surface area contributed by atoms with Gasteiger partial charge in [0.15, 0.2) is 0 Å². The van der Waals surface area contributed by atoms with Gasteiger partial charge in [-0.3, -0.25) is 4.90 Å². The number of nitrogens with zero attached hydrogens (tertiary/aromatic N) is 2. The highest BCUT2D eigenvalue weighted by Gasteiger charge is 2.12. The number of amides is 2. The molecule has 0 saturated carbocycles. The number of anilines is 2. The molecular formula is C26H37N3O2. The van der Waals surface area contributed by atoms with Gasteiger partial charge in [-0.2, -0.15) is 0 Å². The number of ether oxygens (including phenoxy) is 1. The molecule has 0 spiro atoms. The van der Waals surface area contributed by atoms with Gasteiger partial charge in [0.2, 0.25) is 0 Å². The summed E-state index contributed by atoms with van der Waals surface area (Å²) in [6, 6.07) is 13.5. The number of aryl methyl sites for hydroxylation is 2. The highest BCUT2D eigenvalue weighted by atomic mass is 16.5. The van der Waals surface area contributed by atoms with Crippen LogP contribution in [0.2, 0.25) is 0 Å². The predicted molar refractivity (Wildman–Crippen MR) is 131 cm³/mol. The van der Waals surface area contributed by atoms with E-state index < -0.39 is 0 Å². The topological polar surface area (TPSA) is 44.8 Å². The first-order chi connectivity index (χ1) is 14.9. The van der Waals surface area contributed by atoms with Crippen molar-refractivity contribution >= 4 is 17.4 Å². The Morgan fingerprint density at radius 1 is 1.03 bits per heavy atom. The van der Waals surface area contributed by atoms with E-state index in [-0.39, 0.29) is 6.03 Å². The lowest BCUT2D eigenvalue weighted by Gasteiger charge is -2.19. The average Bonchev–Trinajstić information content (AvgIpc) is 2.75. The van der Waals surface area contributed by atoms with Crippen LogP contribution in [0.3, 0.4) is 0 Å². The second kappa shape index (κ2) is 12.8. The third-order valence-electron chi connectivity index (χ3n) is 5.30. The molecule has 0 aliphatic carbocycles. The molecule has 0 atom stereocenters. The summed E-state index contributed by atoms with van der Waals surface area (Å²) in [5.41, 5.74) is 3.87. The summed E-state index contributed by atoms with van der Waals surface area (Å²) in [7, 11) is 3.89. The van der Waals surface area contributed by atoms with E-state index in [2.05, 4.69) is 29.9 Å². The Morgan fingerprint density at radius 2 is 1.74 bits per heavy atom. The van der Waals surface area contributed by atoms with Crippen LogP contribution in [0.4, 0.5) is 16.2 Å². The van der Waals surface area contributed by atoms with E-state index in [0.29, 0.717) is 6.61 Å². The number of carbonyl (C=O) groups excluding carboxylic acids is 1. The summed E-state index contributed by atoms with van der Waals surface area (Å²) < 4.78 is 5.85. The van der Waals surface area contributed by atoms with Crippen LogP contribution in [-0.2, 0) is 0 Å². The lowest BCUT2D eigenvalue weighted by Crippen LogP contribution is -2.31. The molecule has 5 nitrogen and oxygen atoms in total. The molecule has 168 valence electrons. The maximum absolute atomic E-state index is 12.6. The number of likely N-dealkylation sites (N-methyl/N-ethyl adjacent to an activating group) is 1. The van der Waals surface area contributed by atoms with Gasteiger partial charge in [0, 0.05) is 25.0 Å². The quantitative estimate of drug-likeness (QED) is 0.335. The molecular weight excluding hydrogens is 386 g/mol. The van der Waals surface area contributed by atoms with Gasteiger partial charge >= 0.3 is 6.03 Å². The molecule has 0 aliphatic heterocycles. The number of rotatable bonds is 12. The normalized spacial score (nSPS) is 10.7. The minimum atomic E-state index is -0.167. The lowest BCUT2D eigenvalue weighted by atomic mass is 10.1. The van der Waals surface area contributed by atoms with Crippen LogP contribution in [-0.4, -0.2) is 44.7 Å². The first-order valence-corrected chi connectivity index (χ1v) is 11.0. The maximum atomic E-state index is 12.6. The number of hydrogen-bond acceptors (Lipinski definition) is 3. The van der Waals surface area contributed by atoms with Crippen LogP contribution in [0.5, 0.6) is 5.75 Å². The number of benzene rings is 2. The number of urea groups is 1. The van der Waals surface area contributed by atoms with Crippen LogP contribution in [0.25, 0.3) is 0 Å². The highest BCUT2D eigenvalue weighted by Crippen LogP contribution is 2.21. The molecule has 5 heteroatoms. The van der Waals surface area contributed by atoms with Crippen molar-refractivity contribution in [3.8, 4) is 5.75 Å². The van der Waals surface area contributed by atoms with Gasteiger partial charge in [-0.15, -0.1) is 6.58 Å². The molecule has 2 aromatic rings. The molecule has 31 heavy (non-hydrogen) atoms. The van der Waals surface area contributed by atoms with Crippen LogP contribution in [0.1, 0.15) is 36.8 Å². The zero-order valence-electron chi connectivity index (χ0n) is 19.5. The van der Waals surface area contributed by atoms with Gasteiger partial charge in [0.25, 0.3) is 0 Å². The Kier molecular flexibility index (Phi) is 10.1. The summed E-state index contributed by atoms with van der Waals surface area (Å²) in [4.78, 5) is 16.5. The number of unbranched alkanes of at least 4 members (excludes halogenated alkanes) is 3. The Bertz CT molecular complexity index is 833. The molecule has 0 saturated heterocycles. The highest BCUT2D eigenvalue weighted by molar-refractivity contribution is 6.01. The monoisotopic (exact) mass is 423 g/mol. The second-order valence-electron chi connectivity index (χ2n) is 8.12. The molecule has 0 unspecified atom stereocenters. The van der Waals surface area contributed by atoms with Crippen molar-refractivity contribution in [2.45, 2.75) is 39.5 Å². The van der Waals surface area contributed by atoms with E-state index in [9.17, 15) is 4.79 Å². The third kappa shape index (κ3) is 8.46. The zero-order valence-corrected chi connectivity index (χ0v) is 19.5. The van der Waals surface area contributed by atoms with Crippen molar-refractivity contribution in [2.24, 2.45) is 0 Å². The van der Waals surface area contributed by atoms with Gasteiger partial charge in [-0.1, -0.05) is 36.6 Å². The predicted octanol–water partition coefficient (Wildman–Crippen LogP) is 6.03. The fraction of sp³-hybridized carbons (Fsp3) is 0.423. The molecule has 1 N–H and O–H groups in total. The molecule has 0 aromatic heterocycles. The first-order valence-electron chi connectivity index (χ1n) is 11.0. The lowest BCUT2D eigenvalue weighted by molar-refractivity contribution is 0.258. The summed E-state index contributed by atoms with van der Waals surface area (Å²) >= 11 is 0. The molecule has 0 bridgehead atoms. The molecule has 0 radical (unpaired) electrons. The Morgan fingerprint density at radius 3 is 2.42 bits per heavy atom. The van der Waals surface area contributed by atoms with Crippen LogP contribution in [0, 0.1) is 13.8 Å². The Hall–Kier alpha value is -2.79. The van der Waals surface area contributed by atoms with E-state index in [1.165, 1.54) is 24.8 Å². The minimum Gasteiger partial charge on any atom is -0.494 e. The van der Waals surface area contributed by atoms with Crippen LogP contribution in [0.15, 0.2) is 55.1 Å². The second-order valence-corrected chi connectivity index (χ2v) is 8.12. The van der Waals surface area contributed by atoms with E-state index >= 15 is 0 Å². The van der Waals surface area contributed by atoms with Gasteiger partial charge in [0.1, 0.15) is 5.75 Å². The molecule has 0 heterocycles. The summed E-state index contributed by atoms with van der Waals surface area (Å²) in [5, 5.41) is 2.97. The molecule has 2 aromatic carbocycles. The van der Waals surface area contributed by atoms with E-state index in [1.54, 1.807) is 11.9 Å². The van der Waals surface area contributed by atoms with Crippen molar-refractivity contribution in [3.63, 3.8) is 0 Å². The average molecular weight is 424 g/mol. The van der Waals surface area contributed by atoms with E-state index in [4.69, 9.17) is 4.74 Å². The van der Waals surface area contributed by atoms with Crippen LogP contribution >= 0.6 is 0 Å². The largest absolute Gasteiger partial charge is 0.494 e. The maximum Gasteiger partial charge on any atom is 0.326 e. The number of hydrogen-bond donors (Lipinski definition) is 1. The number of carbonyl (C=O) groups is 1. The molecule has 0 aliphatic rings. The van der Waals surface area contributed by atoms with Gasteiger partial charge in [-0.05, 0) is 76.2 Å². The summed E-state index contributed by atoms with van der Waals surface area (Å²) in [6.45, 7) is 10.6. The molecule has 2 rings (SSSR count). The summed E-state index contributed by atoms with van der Waals surface area (Å²) in [5.74, 6) is 0.831. The summed E-state index contributed by atoms with van der Waals surface area (Å²) in [6.07, 6.45) is 6.57. The minimum absolute atomic E-state index is 0.167. The van der Waals surface area contributed by atoms with Crippen molar-refractivity contribution in [1.82, 2.24) is 4.90 Å². The van der Waals surface area contributed by atoms with Gasteiger partial charge in [-0.25, -0.2) is 4.79 Å². The van der Waals surface area contributed by atoms with Gasteiger partial charge in [0.05, 0.1) is 6.61 Å². The smallest absolute Gasteiger partial charge is 0.326 e. The fourth-order valence-corrected chi connectivity index (χ4v) is 3.38. The van der Waals surface area contributed by atoms with E-state index in [0.717, 1.165) is 42.2 Å². The van der Waals surface area contributed by atoms with Crippen molar-refractivity contribution in [3.05, 3.63) is 66.2 Å². The Labute approximate surface area is 187 Å². The van der Waals surface area contributed by atoms with Gasteiger partial charge < -0.3 is 15.0 Å². The van der Waals surface area contributed by atoms with Crippen LogP contribution < -0.4 is 15.0 Å². The molecule has 0 fully saturated rings.